The Morgan fingerprint density at radius 2 is 2.15 bits per heavy atom. The van der Waals surface area contributed by atoms with E-state index in [0.29, 0.717) is 16.8 Å². The van der Waals surface area contributed by atoms with Gasteiger partial charge >= 0.3 is 5.97 Å². The van der Waals surface area contributed by atoms with Crippen LogP contribution in [0.4, 0.5) is 0 Å². The predicted octanol–water partition coefficient (Wildman–Crippen LogP) is 1.88. The van der Waals surface area contributed by atoms with E-state index in [-0.39, 0.29) is 18.1 Å². The topological polar surface area (TPSA) is 70.4 Å². The third-order valence-corrected chi connectivity index (χ3v) is 3.21. The molecule has 102 valence electrons. The molecule has 0 fully saturated rings. The van der Waals surface area contributed by atoms with Crippen molar-refractivity contribution in [1.82, 2.24) is 4.90 Å². The molecule has 2 rings (SSSR count). The molecule has 0 atom stereocenters. The Bertz CT molecular complexity index is 668. The summed E-state index contributed by atoms with van der Waals surface area (Å²) in [7, 11) is 1.55. The lowest BCUT2D eigenvalue weighted by Gasteiger charge is -2.13. The second-order valence-corrected chi connectivity index (χ2v) is 4.42. The zero-order valence-corrected chi connectivity index (χ0v) is 11.6. The van der Waals surface area contributed by atoms with Crippen LogP contribution in [0.15, 0.2) is 23.8 Å². The number of rotatable bonds is 2. The van der Waals surface area contributed by atoms with Crippen LogP contribution >= 0.6 is 0 Å². The highest BCUT2D eigenvalue weighted by atomic mass is 16.5. The number of nitriles is 1. The number of ether oxygens (including phenoxy) is 1. The number of amides is 1. The van der Waals surface area contributed by atoms with Crippen molar-refractivity contribution in [3.05, 3.63) is 40.5 Å². The molecule has 0 radical (unpaired) electrons. The second kappa shape index (κ2) is 5.17. The number of carbonyl (C=O) groups is 2. The van der Waals surface area contributed by atoms with E-state index >= 15 is 0 Å². The van der Waals surface area contributed by atoms with Crippen LogP contribution in [-0.4, -0.2) is 30.4 Å². The third-order valence-electron chi connectivity index (χ3n) is 3.21. The standard InChI is InChI=1S/C15H14N2O3/c1-4-20-15(19)11(8-16)13-10-7-5-6-9(2)12(10)14(18)17(13)3/h5-7H,4H2,1-3H3/b13-11-. The van der Waals surface area contributed by atoms with Crippen molar-refractivity contribution in [3.8, 4) is 6.07 Å². The first-order chi connectivity index (χ1) is 9.52. The Labute approximate surface area is 117 Å². The van der Waals surface area contributed by atoms with Gasteiger partial charge in [0.05, 0.1) is 17.9 Å². The largest absolute Gasteiger partial charge is 0.462 e. The smallest absolute Gasteiger partial charge is 0.351 e. The van der Waals surface area contributed by atoms with Crippen molar-refractivity contribution in [3.63, 3.8) is 0 Å². The number of hydrogen-bond donors (Lipinski definition) is 0. The summed E-state index contributed by atoms with van der Waals surface area (Å²) in [5.41, 5.74) is 2.11. The number of esters is 1. The van der Waals surface area contributed by atoms with Gasteiger partial charge in [-0.25, -0.2) is 4.79 Å². The average Bonchev–Trinajstić information content (AvgIpc) is 2.66. The van der Waals surface area contributed by atoms with Crippen LogP contribution in [0.25, 0.3) is 5.70 Å². The maximum Gasteiger partial charge on any atom is 0.351 e. The highest BCUT2D eigenvalue weighted by molar-refractivity contribution is 6.15. The maximum atomic E-state index is 12.3. The van der Waals surface area contributed by atoms with E-state index in [4.69, 9.17) is 4.74 Å². The SMILES string of the molecule is CCOC(=O)/C(C#N)=C1/c2cccc(C)c2C(=O)N1C. The molecule has 1 aliphatic rings. The fourth-order valence-electron chi connectivity index (χ4n) is 2.30. The Morgan fingerprint density at radius 3 is 2.75 bits per heavy atom. The fourth-order valence-corrected chi connectivity index (χ4v) is 2.30. The average molecular weight is 270 g/mol. The van der Waals surface area contributed by atoms with Crippen LogP contribution in [0, 0.1) is 18.3 Å². The first kappa shape index (κ1) is 13.8. The molecule has 1 amide bonds. The number of benzene rings is 1. The molecule has 1 aromatic carbocycles. The van der Waals surface area contributed by atoms with Crippen molar-refractivity contribution >= 4 is 17.6 Å². The van der Waals surface area contributed by atoms with E-state index in [2.05, 4.69) is 0 Å². The van der Waals surface area contributed by atoms with E-state index in [1.807, 2.05) is 19.1 Å². The molecule has 0 aromatic heterocycles. The van der Waals surface area contributed by atoms with Crippen LogP contribution in [0.5, 0.6) is 0 Å². The van der Waals surface area contributed by atoms with Gasteiger partial charge in [0.2, 0.25) is 0 Å². The summed E-state index contributed by atoms with van der Waals surface area (Å²) in [4.78, 5) is 25.5. The predicted molar refractivity (Wildman–Crippen MR) is 72.4 cm³/mol. The molecule has 1 aromatic rings. The fraction of sp³-hybridized carbons (Fsp3) is 0.267. The van der Waals surface area contributed by atoms with Crippen LogP contribution in [0.1, 0.15) is 28.4 Å². The van der Waals surface area contributed by atoms with Crippen molar-refractivity contribution in [2.45, 2.75) is 13.8 Å². The number of aryl methyl sites for hydroxylation is 1. The zero-order valence-electron chi connectivity index (χ0n) is 11.6. The molecular formula is C15H14N2O3. The first-order valence-electron chi connectivity index (χ1n) is 6.22. The van der Waals surface area contributed by atoms with Crippen molar-refractivity contribution in [2.75, 3.05) is 13.7 Å². The molecule has 0 spiro atoms. The van der Waals surface area contributed by atoms with Crippen LogP contribution < -0.4 is 0 Å². The summed E-state index contributed by atoms with van der Waals surface area (Å²) in [6.07, 6.45) is 0. The van der Waals surface area contributed by atoms with E-state index in [1.165, 1.54) is 4.90 Å². The summed E-state index contributed by atoms with van der Waals surface area (Å²) >= 11 is 0. The van der Waals surface area contributed by atoms with Gasteiger partial charge < -0.3 is 9.64 Å². The molecule has 0 bridgehead atoms. The molecule has 5 heteroatoms. The monoisotopic (exact) mass is 270 g/mol. The van der Waals surface area contributed by atoms with Crippen LogP contribution in [-0.2, 0) is 9.53 Å². The van der Waals surface area contributed by atoms with Crippen molar-refractivity contribution in [2.24, 2.45) is 0 Å². The van der Waals surface area contributed by atoms with Gasteiger partial charge in [-0.05, 0) is 19.4 Å². The Kier molecular flexibility index (Phi) is 3.57. The summed E-state index contributed by atoms with van der Waals surface area (Å²) in [6.45, 7) is 3.67. The minimum absolute atomic E-state index is 0.146. The normalized spacial score (nSPS) is 15.7. The number of carbonyl (C=O) groups excluding carboxylic acids is 2. The maximum absolute atomic E-state index is 12.3. The third kappa shape index (κ3) is 1.95. The summed E-state index contributed by atoms with van der Waals surface area (Å²) < 4.78 is 4.88. The Morgan fingerprint density at radius 1 is 1.45 bits per heavy atom. The minimum Gasteiger partial charge on any atom is -0.462 e. The quantitative estimate of drug-likeness (QED) is 0.467. The van der Waals surface area contributed by atoms with Gasteiger partial charge in [-0.2, -0.15) is 5.26 Å². The van der Waals surface area contributed by atoms with Gasteiger partial charge in [-0.3, -0.25) is 4.79 Å². The molecule has 1 heterocycles. The summed E-state index contributed by atoms with van der Waals surface area (Å²) in [6, 6.07) is 7.20. The van der Waals surface area contributed by atoms with Gasteiger partial charge in [-0.1, -0.05) is 18.2 Å². The second-order valence-electron chi connectivity index (χ2n) is 4.42. The van der Waals surface area contributed by atoms with E-state index in [0.717, 1.165) is 5.56 Å². The molecule has 0 unspecified atom stereocenters. The lowest BCUT2D eigenvalue weighted by atomic mass is 10.0. The number of nitrogens with zero attached hydrogens (tertiary/aromatic N) is 2. The Balaban J connectivity index is 2.70. The highest BCUT2D eigenvalue weighted by Crippen LogP contribution is 2.35. The lowest BCUT2D eigenvalue weighted by molar-refractivity contribution is -0.137. The highest BCUT2D eigenvalue weighted by Gasteiger charge is 2.35. The minimum atomic E-state index is -0.709. The Hall–Kier alpha value is -2.61. The molecule has 20 heavy (non-hydrogen) atoms. The van der Waals surface area contributed by atoms with Crippen LogP contribution in [0.3, 0.4) is 0 Å². The lowest BCUT2D eigenvalue weighted by Crippen LogP contribution is -2.20. The van der Waals surface area contributed by atoms with Gasteiger partial charge in [0.1, 0.15) is 6.07 Å². The first-order valence-corrected chi connectivity index (χ1v) is 6.22. The molecule has 5 nitrogen and oxygen atoms in total. The number of fused-ring (bicyclic) bond motifs is 1. The molecule has 0 saturated carbocycles. The molecule has 0 N–H and O–H groups in total. The number of hydrogen-bond acceptors (Lipinski definition) is 4. The molecule has 1 aliphatic heterocycles. The van der Waals surface area contributed by atoms with E-state index < -0.39 is 5.97 Å². The van der Waals surface area contributed by atoms with E-state index in [1.54, 1.807) is 26.1 Å². The molecule has 0 saturated heterocycles. The van der Waals surface area contributed by atoms with Crippen molar-refractivity contribution < 1.29 is 14.3 Å². The molecule has 0 aliphatic carbocycles. The molecular weight excluding hydrogens is 256 g/mol. The summed E-state index contributed by atoms with van der Waals surface area (Å²) in [5, 5.41) is 9.24. The summed E-state index contributed by atoms with van der Waals surface area (Å²) in [5.74, 6) is -0.927. The van der Waals surface area contributed by atoms with Crippen LogP contribution in [0.2, 0.25) is 0 Å². The van der Waals surface area contributed by atoms with E-state index in [9.17, 15) is 14.9 Å². The van der Waals surface area contributed by atoms with Gasteiger partial charge in [0.15, 0.2) is 5.57 Å². The van der Waals surface area contributed by atoms with Crippen molar-refractivity contribution in [1.29, 1.82) is 5.26 Å². The zero-order chi connectivity index (χ0) is 14.9. The van der Waals surface area contributed by atoms with Gasteiger partial charge in [-0.15, -0.1) is 0 Å². The van der Waals surface area contributed by atoms with Gasteiger partial charge in [0, 0.05) is 12.6 Å². The van der Waals surface area contributed by atoms with Gasteiger partial charge in [0.25, 0.3) is 5.91 Å².